The molecule has 0 unspecified atom stereocenters. The highest BCUT2D eigenvalue weighted by molar-refractivity contribution is 5.33. The standard InChI is InChI=1S/C11H17N5O/c1-17-10-15-8(12)14-9(16-10)13-6-11(4-5-11)7-2-3-7/h7H,2-6H2,1H3,(H3,12,13,14,15,16). The number of nitrogens with one attached hydrogen (secondary N) is 1. The summed E-state index contributed by atoms with van der Waals surface area (Å²) in [6.07, 6.45) is 5.40. The first kappa shape index (κ1) is 10.6. The van der Waals surface area contributed by atoms with E-state index in [0.717, 1.165) is 12.5 Å². The number of hydrogen-bond donors (Lipinski definition) is 2. The third-order valence-electron chi connectivity index (χ3n) is 3.75. The molecule has 0 amide bonds. The maximum atomic E-state index is 5.58. The Labute approximate surface area is 100 Å². The van der Waals surface area contributed by atoms with Gasteiger partial charge in [0.15, 0.2) is 0 Å². The zero-order valence-electron chi connectivity index (χ0n) is 9.94. The predicted molar refractivity (Wildman–Crippen MR) is 63.7 cm³/mol. The van der Waals surface area contributed by atoms with Crippen molar-refractivity contribution >= 4 is 11.9 Å². The van der Waals surface area contributed by atoms with Gasteiger partial charge in [0.2, 0.25) is 11.9 Å². The summed E-state index contributed by atoms with van der Waals surface area (Å²) in [7, 11) is 1.52. The number of anilines is 2. The summed E-state index contributed by atoms with van der Waals surface area (Å²) in [5, 5.41) is 3.26. The molecule has 92 valence electrons. The van der Waals surface area contributed by atoms with Gasteiger partial charge in [-0.05, 0) is 37.0 Å². The van der Waals surface area contributed by atoms with Gasteiger partial charge in [-0.15, -0.1) is 0 Å². The zero-order chi connectivity index (χ0) is 11.9. The van der Waals surface area contributed by atoms with E-state index >= 15 is 0 Å². The van der Waals surface area contributed by atoms with Crippen molar-refractivity contribution in [3.8, 4) is 6.01 Å². The largest absolute Gasteiger partial charge is 0.467 e. The van der Waals surface area contributed by atoms with Crippen LogP contribution >= 0.6 is 0 Å². The summed E-state index contributed by atoms with van der Waals surface area (Å²) in [4.78, 5) is 12.0. The van der Waals surface area contributed by atoms with Crippen LogP contribution in [0.2, 0.25) is 0 Å². The van der Waals surface area contributed by atoms with Gasteiger partial charge in [-0.25, -0.2) is 0 Å². The van der Waals surface area contributed by atoms with Gasteiger partial charge in [-0.2, -0.15) is 15.0 Å². The molecule has 2 saturated carbocycles. The predicted octanol–water partition coefficient (Wildman–Crippen LogP) is 1.06. The number of ether oxygens (including phenoxy) is 1. The average Bonchev–Trinajstić information content (AvgIpc) is 3.15. The van der Waals surface area contributed by atoms with Gasteiger partial charge < -0.3 is 15.8 Å². The van der Waals surface area contributed by atoms with Crippen LogP contribution in [0.3, 0.4) is 0 Å². The van der Waals surface area contributed by atoms with E-state index in [0.29, 0.717) is 11.4 Å². The molecule has 0 aliphatic heterocycles. The average molecular weight is 235 g/mol. The van der Waals surface area contributed by atoms with Crippen molar-refractivity contribution in [2.45, 2.75) is 25.7 Å². The zero-order valence-corrected chi connectivity index (χ0v) is 9.94. The fraction of sp³-hybridized carbons (Fsp3) is 0.727. The summed E-state index contributed by atoms with van der Waals surface area (Å²) in [6.45, 7) is 0.935. The highest BCUT2D eigenvalue weighted by atomic mass is 16.5. The smallest absolute Gasteiger partial charge is 0.322 e. The first-order chi connectivity index (χ1) is 8.22. The SMILES string of the molecule is COc1nc(N)nc(NCC2(C3CC3)CC2)n1. The Balaban J connectivity index is 1.66. The molecule has 0 atom stereocenters. The second-order valence-corrected chi connectivity index (χ2v) is 4.99. The molecule has 1 aromatic rings. The second-order valence-electron chi connectivity index (χ2n) is 4.99. The number of hydrogen-bond acceptors (Lipinski definition) is 6. The lowest BCUT2D eigenvalue weighted by atomic mass is 10.0. The van der Waals surface area contributed by atoms with Crippen molar-refractivity contribution in [1.29, 1.82) is 0 Å². The molecule has 0 bridgehead atoms. The maximum absolute atomic E-state index is 5.58. The summed E-state index contributed by atoms with van der Waals surface area (Å²) >= 11 is 0. The maximum Gasteiger partial charge on any atom is 0.322 e. The van der Waals surface area contributed by atoms with Crippen LogP contribution in [0.15, 0.2) is 0 Å². The lowest BCUT2D eigenvalue weighted by Crippen LogP contribution is -2.19. The Bertz CT molecular complexity index is 428. The number of rotatable bonds is 5. The van der Waals surface area contributed by atoms with Crippen LogP contribution in [-0.4, -0.2) is 28.6 Å². The molecule has 6 heteroatoms. The van der Waals surface area contributed by atoms with Gasteiger partial charge in [-0.3, -0.25) is 0 Å². The Morgan fingerprint density at radius 2 is 2.12 bits per heavy atom. The summed E-state index contributed by atoms with van der Waals surface area (Å²) in [5.41, 5.74) is 6.09. The Kier molecular flexibility index (Phi) is 2.31. The number of aromatic nitrogens is 3. The molecule has 0 radical (unpaired) electrons. The number of nitrogen functional groups attached to an aromatic ring is 1. The minimum atomic E-state index is 0.190. The number of nitrogens with two attached hydrogens (primary N) is 1. The molecular formula is C11H17N5O. The summed E-state index contributed by atoms with van der Waals surface area (Å²) < 4.78 is 4.96. The van der Waals surface area contributed by atoms with E-state index in [1.54, 1.807) is 0 Å². The van der Waals surface area contributed by atoms with Crippen LogP contribution in [0.4, 0.5) is 11.9 Å². The molecule has 6 nitrogen and oxygen atoms in total. The fourth-order valence-corrected chi connectivity index (χ4v) is 2.38. The van der Waals surface area contributed by atoms with Crippen molar-refractivity contribution < 1.29 is 4.74 Å². The first-order valence-corrected chi connectivity index (χ1v) is 6.01. The van der Waals surface area contributed by atoms with Crippen LogP contribution in [0.5, 0.6) is 6.01 Å². The van der Waals surface area contributed by atoms with Gasteiger partial charge in [-0.1, -0.05) is 0 Å². The van der Waals surface area contributed by atoms with Gasteiger partial charge in [0.25, 0.3) is 0 Å². The molecule has 2 fully saturated rings. The van der Waals surface area contributed by atoms with E-state index in [4.69, 9.17) is 10.5 Å². The number of nitrogens with zero attached hydrogens (tertiary/aromatic N) is 3. The van der Waals surface area contributed by atoms with Crippen molar-refractivity contribution in [2.75, 3.05) is 24.7 Å². The van der Waals surface area contributed by atoms with E-state index in [-0.39, 0.29) is 12.0 Å². The van der Waals surface area contributed by atoms with Crippen molar-refractivity contribution in [3.05, 3.63) is 0 Å². The molecule has 3 N–H and O–H groups in total. The molecule has 3 rings (SSSR count). The monoisotopic (exact) mass is 235 g/mol. The number of methoxy groups -OCH3 is 1. The molecule has 1 aromatic heterocycles. The minimum absolute atomic E-state index is 0.190. The van der Waals surface area contributed by atoms with Crippen molar-refractivity contribution in [3.63, 3.8) is 0 Å². The lowest BCUT2D eigenvalue weighted by molar-refractivity contribution is 0.379. The van der Waals surface area contributed by atoms with Gasteiger partial charge in [0.1, 0.15) is 0 Å². The highest BCUT2D eigenvalue weighted by Crippen LogP contribution is 2.61. The lowest BCUT2D eigenvalue weighted by Gasteiger charge is -2.14. The van der Waals surface area contributed by atoms with Crippen molar-refractivity contribution in [1.82, 2.24) is 15.0 Å². The molecule has 17 heavy (non-hydrogen) atoms. The van der Waals surface area contributed by atoms with Gasteiger partial charge >= 0.3 is 6.01 Å². The van der Waals surface area contributed by atoms with Crippen molar-refractivity contribution in [2.24, 2.45) is 11.3 Å². The van der Waals surface area contributed by atoms with Crippen LogP contribution in [0.25, 0.3) is 0 Å². The second kappa shape index (κ2) is 3.72. The highest BCUT2D eigenvalue weighted by Gasteiger charge is 2.53. The van der Waals surface area contributed by atoms with E-state index in [1.165, 1.54) is 32.8 Å². The molecule has 0 saturated heterocycles. The topological polar surface area (TPSA) is 86.0 Å². The Morgan fingerprint density at radius 3 is 2.71 bits per heavy atom. The van der Waals surface area contributed by atoms with E-state index < -0.39 is 0 Å². The van der Waals surface area contributed by atoms with E-state index in [1.807, 2.05) is 0 Å². The minimum Gasteiger partial charge on any atom is -0.467 e. The van der Waals surface area contributed by atoms with Gasteiger partial charge in [0.05, 0.1) is 7.11 Å². The third kappa shape index (κ3) is 2.11. The molecule has 0 spiro atoms. The van der Waals surface area contributed by atoms with Crippen LogP contribution < -0.4 is 15.8 Å². The van der Waals surface area contributed by atoms with Crippen LogP contribution in [0.1, 0.15) is 25.7 Å². The quantitative estimate of drug-likeness (QED) is 0.793. The molecule has 2 aliphatic rings. The summed E-state index contributed by atoms with van der Waals surface area (Å²) in [6, 6.07) is 0.260. The van der Waals surface area contributed by atoms with Crippen LogP contribution in [0, 0.1) is 11.3 Å². The van der Waals surface area contributed by atoms with Gasteiger partial charge in [0, 0.05) is 6.54 Å². The fourth-order valence-electron chi connectivity index (χ4n) is 2.38. The first-order valence-electron chi connectivity index (χ1n) is 6.01. The van der Waals surface area contributed by atoms with E-state index in [9.17, 15) is 0 Å². The Hall–Kier alpha value is -1.59. The Morgan fingerprint density at radius 1 is 1.35 bits per heavy atom. The molecule has 1 heterocycles. The summed E-state index contributed by atoms with van der Waals surface area (Å²) in [5.74, 6) is 1.62. The molecule has 0 aromatic carbocycles. The molecule has 2 aliphatic carbocycles. The third-order valence-corrected chi connectivity index (χ3v) is 3.75. The molecular weight excluding hydrogens is 218 g/mol. The normalized spacial score (nSPS) is 21.0. The van der Waals surface area contributed by atoms with Crippen LogP contribution in [-0.2, 0) is 0 Å². The van der Waals surface area contributed by atoms with E-state index in [2.05, 4.69) is 20.3 Å².